The van der Waals surface area contributed by atoms with Crippen LogP contribution in [0.15, 0.2) is 0 Å². The molecule has 0 aliphatic rings. The van der Waals surface area contributed by atoms with Crippen LogP contribution in [0.3, 0.4) is 0 Å². The Morgan fingerprint density at radius 3 is 1.62 bits per heavy atom. The van der Waals surface area contributed by atoms with Crippen LogP contribution in [0.1, 0.15) is 6.92 Å². The summed E-state index contributed by atoms with van der Waals surface area (Å²) < 4.78 is 5.37. The molecule has 0 aliphatic carbocycles. The zero-order valence-electron chi connectivity index (χ0n) is 6.02. The Balaban J connectivity index is 0. The van der Waals surface area contributed by atoms with E-state index in [9.17, 15) is 0 Å². The van der Waals surface area contributed by atoms with E-state index < -0.39 is 8.32 Å². The predicted molar refractivity (Wildman–Crippen MR) is 42.2 cm³/mol. The van der Waals surface area contributed by atoms with Crippen molar-refractivity contribution in [3.05, 3.63) is 0 Å². The molecule has 0 aliphatic heterocycles. The monoisotopic (exact) mass is 154 g/mol. The second-order valence-corrected chi connectivity index (χ2v) is 7.06. The third-order valence-corrected chi connectivity index (χ3v) is 1.73. The lowest BCUT2D eigenvalue weighted by atomic mass is 10.9. The third-order valence-electron chi connectivity index (χ3n) is 0.577. The molecule has 0 aromatic heterocycles. The van der Waals surface area contributed by atoms with Gasteiger partial charge in [0.25, 0.3) is 0 Å². The van der Waals surface area contributed by atoms with Crippen LogP contribution in [0.25, 0.3) is 0 Å². The lowest BCUT2D eigenvalue weighted by Gasteiger charge is -2.14. The Morgan fingerprint density at radius 2 is 1.62 bits per heavy atom. The summed E-state index contributed by atoms with van der Waals surface area (Å²) in [4.78, 5) is 0. The van der Waals surface area contributed by atoms with Gasteiger partial charge in [-0.25, -0.2) is 0 Å². The minimum absolute atomic E-state index is 0. The lowest BCUT2D eigenvalue weighted by molar-refractivity contribution is 0.334. The van der Waals surface area contributed by atoms with Crippen molar-refractivity contribution in [2.24, 2.45) is 0 Å². The molecule has 0 atom stereocenters. The molecule has 0 aromatic carbocycles. The van der Waals surface area contributed by atoms with Crippen molar-refractivity contribution in [3.8, 4) is 0 Å². The van der Waals surface area contributed by atoms with Crippen LogP contribution in [-0.4, -0.2) is 14.9 Å². The highest BCUT2D eigenvalue weighted by Gasteiger charge is 2.11. The van der Waals surface area contributed by atoms with Crippen molar-refractivity contribution in [1.82, 2.24) is 0 Å². The molecule has 0 saturated heterocycles. The van der Waals surface area contributed by atoms with Gasteiger partial charge in [0.1, 0.15) is 0 Å². The van der Waals surface area contributed by atoms with E-state index in [0.29, 0.717) is 0 Å². The van der Waals surface area contributed by atoms with Crippen LogP contribution in [-0.2, 0) is 4.43 Å². The van der Waals surface area contributed by atoms with Gasteiger partial charge in [0.15, 0.2) is 8.32 Å². The molecule has 1 nitrogen and oxygen atoms in total. The van der Waals surface area contributed by atoms with Gasteiger partial charge in [0, 0.05) is 6.61 Å². The smallest absolute Gasteiger partial charge is 0.183 e. The Bertz CT molecular complexity index is 50.9. The van der Waals surface area contributed by atoms with E-state index in [-0.39, 0.29) is 12.4 Å². The maximum Gasteiger partial charge on any atom is 0.183 e. The summed E-state index contributed by atoms with van der Waals surface area (Å²) in [5.74, 6) is 0. The summed E-state index contributed by atoms with van der Waals surface area (Å²) in [7, 11) is -1.16. The quantitative estimate of drug-likeness (QED) is 0.555. The highest BCUT2D eigenvalue weighted by molar-refractivity contribution is 6.69. The maximum absolute atomic E-state index is 5.37. The molecule has 0 rings (SSSR count). The standard InChI is InChI=1S/C5H14OSi.ClH/c1-5-6-7(2,3)4;/h5H2,1-4H3;1H. The van der Waals surface area contributed by atoms with Crippen LogP contribution in [0, 0.1) is 0 Å². The van der Waals surface area contributed by atoms with Gasteiger partial charge in [-0.3, -0.25) is 0 Å². The van der Waals surface area contributed by atoms with Gasteiger partial charge in [-0.15, -0.1) is 12.4 Å². The largest absolute Gasteiger partial charge is 0.418 e. The number of rotatable bonds is 2. The Hall–Kier alpha value is 0.467. The zero-order valence-corrected chi connectivity index (χ0v) is 7.84. The Labute approximate surface area is 59.0 Å². The molecule has 0 aromatic rings. The first-order chi connectivity index (χ1) is 3.06. The lowest BCUT2D eigenvalue weighted by Crippen LogP contribution is -2.24. The van der Waals surface area contributed by atoms with E-state index in [1.165, 1.54) is 0 Å². The molecule has 0 heterocycles. The molecule has 0 saturated carbocycles. The van der Waals surface area contributed by atoms with Crippen LogP contribution in [0.5, 0.6) is 0 Å². The fraction of sp³-hybridized carbons (Fsp3) is 1.00. The molecule has 0 unspecified atom stereocenters. The first kappa shape index (κ1) is 11.3. The van der Waals surface area contributed by atoms with Crippen LogP contribution in [0.4, 0.5) is 0 Å². The van der Waals surface area contributed by atoms with Crippen LogP contribution in [0.2, 0.25) is 19.6 Å². The molecule has 52 valence electrons. The van der Waals surface area contributed by atoms with E-state index in [1.807, 2.05) is 6.92 Å². The van der Waals surface area contributed by atoms with Crippen molar-refractivity contribution in [3.63, 3.8) is 0 Å². The molecule has 0 fully saturated rings. The van der Waals surface area contributed by atoms with Gasteiger partial charge >= 0.3 is 0 Å². The van der Waals surface area contributed by atoms with E-state index in [1.54, 1.807) is 0 Å². The minimum atomic E-state index is -1.16. The SMILES string of the molecule is CCO[Si](C)(C)C.Cl. The van der Waals surface area contributed by atoms with Gasteiger partial charge in [-0.05, 0) is 26.6 Å². The normalized spacial score (nSPS) is 10.5. The van der Waals surface area contributed by atoms with E-state index in [0.717, 1.165) is 6.61 Å². The van der Waals surface area contributed by atoms with E-state index in [4.69, 9.17) is 4.43 Å². The molecule has 0 N–H and O–H groups in total. The van der Waals surface area contributed by atoms with E-state index in [2.05, 4.69) is 19.6 Å². The molecule has 0 spiro atoms. The summed E-state index contributed by atoms with van der Waals surface area (Å²) in [6.07, 6.45) is 0. The number of hydrogen-bond acceptors (Lipinski definition) is 1. The predicted octanol–water partition coefficient (Wildman–Crippen LogP) is 2.28. The average Bonchev–Trinajstić information content (AvgIpc) is 1.30. The van der Waals surface area contributed by atoms with Gasteiger partial charge in [0.05, 0.1) is 0 Å². The van der Waals surface area contributed by atoms with Crippen molar-refractivity contribution in [1.29, 1.82) is 0 Å². The van der Waals surface area contributed by atoms with Crippen LogP contribution < -0.4 is 0 Å². The van der Waals surface area contributed by atoms with Crippen molar-refractivity contribution in [2.75, 3.05) is 6.61 Å². The second-order valence-electron chi connectivity index (χ2n) is 2.55. The molecule has 3 heteroatoms. The summed E-state index contributed by atoms with van der Waals surface area (Å²) in [5.41, 5.74) is 0. The molecule has 0 bridgehead atoms. The Morgan fingerprint density at radius 1 is 1.25 bits per heavy atom. The molecule has 8 heavy (non-hydrogen) atoms. The fourth-order valence-electron chi connectivity index (χ4n) is 0.433. The first-order valence-electron chi connectivity index (χ1n) is 2.70. The third kappa shape index (κ3) is 9.69. The fourth-order valence-corrected chi connectivity index (χ4v) is 1.30. The summed E-state index contributed by atoms with van der Waals surface area (Å²) in [6.45, 7) is 9.48. The van der Waals surface area contributed by atoms with Crippen LogP contribution >= 0.6 is 12.4 Å². The second kappa shape index (κ2) is 4.36. The molecular formula is C5H15ClOSi. The first-order valence-corrected chi connectivity index (χ1v) is 6.11. The van der Waals surface area contributed by atoms with E-state index >= 15 is 0 Å². The minimum Gasteiger partial charge on any atom is -0.418 e. The maximum atomic E-state index is 5.37. The summed E-state index contributed by atoms with van der Waals surface area (Å²) in [6, 6.07) is 0. The van der Waals surface area contributed by atoms with Crippen molar-refractivity contribution >= 4 is 20.7 Å². The number of halogens is 1. The summed E-state index contributed by atoms with van der Waals surface area (Å²) >= 11 is 0. The van der Waals surface area contributed by atoms with Gasteiger partial charge in [-0.1, -0.05) is 0 Å². The Kier molecular flexibility index (Phi) is 6.15. The zero-order chi connectivity index (χ0) is 5.91. The topological polar surface area (TPSA) is 9.23 Å². The molecule has 0 amide bonds. The highest BCUT2D eigenvalue weighted by atomic mass is 35.5. The van der Waals surface area contributed by atoms with Gasteiger partial charge < -0.3 is 4.43 Å². The van der Waals surface area contributed by atoms with Gasteiger partial charge in [0.2, 0.25) is 0 Å². The molecule has 0 radical (unpaired) electrons. The summed E-state index contributed by atoms with van der Waals surface area (Å²) in [5, 5.41) is 0. The van der Waals surface area contributed by atoms with Gasteiger partial charge in [-0.2, -0.15) is 0 Å². The van der Waals surface area contributed by atoms with Crippen molar-refractivity contribution in [2.45, 2.75) is 26.6 Å². The average molecular weight is 155 g/mol. The van der Waals surface area contributed by atoms with Crippen molar-refractivity contribution < 1.29 is 4.43 Å². The highest BCUT2D eigenvalue weighted by Crippen LogP contribution is 2.00. The molecular weight excluding hydrogens is 140 g/mol. The number of hydrogen-bond donors (Lipinski definition) is 0.